The third kappa shape index (κ3) is 3.47. The van der Waals surface area contributed by atoms with Crippen LogP contribution in [0.15, 0.2) is 5.51 Å². The first kappa shape index (κ1) is 17.7. The molecule has 0 saturated carbocycles. The standard InChI is InChI=1S/C13H15F3N2O4S/c1-22-6-12(11(20)21)3-2-4-18(5-12)10(19)8-9(13(14,15)16)23-7-17-8/h7H,2-6H2,1H3,(H,20,21). The van der Waals surface area contributed by atoms with E-state index in [4.69, 9.17) is 4.74 Å². The molecule has 10 heteroatoms. The van der Waals surface area contributed by atoms with Crippen LogP contribution in [0.4, 0.5) is 13.2 Å². The molecule has 1 aromatic heterocycles. The number of methoxy groups -OCH3 is 1. The Morgan fingerprint density at radius 1 is 1.52 bits per heavy atom. The summed E-state index contributed by atoms with van der Waals surface area (Å²) in [5, 5.41) is 9.42. The molecule has 23 heavy (non-hydrogen) atoms. The fraction of sp³-hybridized carbons (Fsp3) is 0.615. The van der Waals surface area contributed by atoms with Crippen molar-refractivity contribution in [2.75, 3.05) is 26.8 Å². The first-order valence-electron chi connectivity index (χ1n) is 6.73. The molecule has 2 heterocycles. The van der Waals surface area contributed by atoms with Crippen molar-refractivity contribution < 1.29 is 32.6 Å². The van der Waals surface area contributed by atoms with Crippen LogP contribution in [0.5, 0.6) is 0 Å². The van der Waals surface area contributed by atoms with Crippen molar-refractivity contribution in [1.82, 2.24) is 9.88 Å². The molecule has 2 rings (SSSR count). The Kier molecular flexibility index (Phi) is 4.95. The highest BCUT2D eigenvalue weighted by Gasteiger charge is 2.46. The maximum atomic E-state index is 12.9. The van der Waals surface area contributed by atoms with Crippen LogP contribution in [0, 0.1) is 5.41 Å². The lowest BCUT2D eigenvalue weighted by atomic mass is 9.80. The summed E-state index contributed by atoms with van der Waals surface area (Å²) in [6, 6.07) is 0. The van der Waals surface area contributed by atoms with E-state index in [0.29, 0.717) is 24.2 Å². The normalized spacial score (nSPS) is 22.2. The van der Waals surface area contributed by atoms with Gasteiger partial charge in [0.1, 0.15) is 10.3 Å². The average molecular weight is 352 g/mol. The number of rotatable bonds is 4. The van der Waals surface area contributed by atoms with Crippen molar-refractivity contribution in [3.8, 4) is 0 Å². The van der Waals surface area contributed by atoms with Crippen molar-refractivity contribution in [2.24, 2.45) is 5.41 Å². The van der Waals surface area contributed by atoms with Crippen LogP contribution in [-0.2, 0) is 15.7 Å². The number of hydrogen-bond donors (Lipinski definition) is 1. The topological polar surface area (TPSA) is 79.7 Å². The fourth-order valence-electron chi connectivity index (χ4n) is 2.68. The van der Waals surface area contributed by atoms with E-state index in [1.165, 1.54) is 7.11 Å². The van der Waals surface area contributed by atoms with Gasteiger partial charge in [-0.25, -0.2) is 4.98 Å². The Morgan fingerprint density at radius 3 is 2.78 bits per heavy atom. The summed E-state index contributed by atoms with van der Waals surface area (Å²) >= 11 is 0.341. The van der Waals surface area contributed by atoms with Crippen LogP contribution in [0.3, 0.4) is 0 Å². The minimum absolute atomic E-state index is 0.116. The zero-order valence-corrected chi connectivity index (χ0v) is 13.0. The largest absolute Gasteiger partial charge is 0.481 e. The highest BCUT2D eigenvalue weighted by atomic mass is 32.1. The van der Waals surface area contributed by atoms with E-state index in [0.717, 1.165) is 10.4 Å². The van der Waals surface area contributed by atoms with Gasteiger partial charge in [-0.1, -0.05) is 0 Å². The van der Waals surface area contributed by atoms with Crippen LogP contribution in [0.1, 0.15) is 28.2 Å². The fourth-order valence-corrected chi connectivity index (χ4v) is 3.33. The van der Waals surface area contributed by atoms with Gasteiger partial charge in [0, 0.05) is 20.2 Å². The zero-order chi connectivity index (χ0) is 17.3. The number of nitrogens with zero attached hydrogens (tertiary/aromatic N) is 2. The number of piperidine rings is 1. The van der Waals surface area contributed by atoms with Gasteiger partial charge in [0.2, 0.25) is 0 Å². The van der Waals surface area contributed by atoms with E-state index >= 15 is 0 Å². The number of thiazole rings is 1. The van der Waals surface area contributed by atoms with E-state index in [1.54, 1.807) is 0 Å². The predicted octanol–water partition coefficient (Wildman–Crippen LogP) is 2.12. The number of aliphatic carboxylic acids is 1. The summed E-state index contributed by atoms with van der Waals surface area (Å²) in [5.74, 6) is -2.04. The van der Waals surface area contributed by atoms with Gasteiger partial charge in [-0.2, -0.15) is 13.2 Å². The highest BCUT2D eigenvalue weighted by molar-refractivity contribution is 7.10. The van der Waals surface area contributed by atoms with Gasteiger partial charge in [0.25, 0.3) is 5.91 Å². The van der Waals surface area contributed by atoms with Crippen molar-refractivity contribution in [2.45, 2.75) is 19.0 Å². The highest BCUT2D eigenvalue weighted by Crippen LogP contribution is 2.37. The smallest absolute Gasteiger partial charge is 0.427 e. The van der Waals surface area contributed by atoms with Crippen LogP contribution >= 0.6 is 11.3 Å². The average Bonchev–Trinajstić information content (AvgIpc) is 2.96. The summed E-state index contributed by atoms with van der Waals surface area (Å²) < 4.78 is 43.6. The number of halogens is 3. The van der Waals surface area contributed by atoms with Gasteiger partial charge >= 0.3 is 12.1 Å². The Bertz CT molecular complexity index is 600. The van der Waals surface area contributed by atoms with Gasteiger partial charge in [-0.05, 0) is 12.8 Å². The second kappa shape index (κ2) is 6.44. The third-order valence-corrected chi connectivity index (χ3v) is 4.64. The summed E-state index contributed by atoms with van der Waals surface area (Å²) in [5.41, 5.74) is -1.03. The first-order chi connectivity index (χ1) is 10.7. The number of alkyl halides is 3. The summed E-state index contributed by atoms with van der Waals surface area (Å²) in [6.45, 7) is -0.133. The Balaban J connectivity index is 2.27. The summed E-state index contributed by atoms with van der Waals surface area (Å²) in [7, 11) is 1.34. The van der Waals surface area contributed by atoms with Crippen molar-refractivity contribution in [3.05, 3.63) is 16.1 Å². The van der Waals surface area contributed by atoms with E-state index in [-0.39, 0.29) is 19.7 Å². The van der Waals surface area contributed by atoms with Gasteiger partial charge in [-0.15, -0.1) is 11.3 Å². The third-order valence-electron chi connectivity index (χ3n) is 3.77. The summed E-state index contributed by atoms with van der Waals surface area (Å²) in [4.78, 5) is 27.5. The lowest BCUT2D eigenvalue weighted by Gasteiger charge is -2.39. The van der Waals surface area contributed by atoms with E-state index in [9.17, 15) is 27.9 Å². The number of hydrogen-bond acceptors (Lipinski definition) is 5. The molecule has 1 saturated heterocycles. The van der Waals surface area contributed by atoms with Crippen molar-refractivity contribution in [1.29, 1.82) is 0 Å². The lowest BCUT2D eigenvalue weighted by Crippen LogP contribution is -2.52. The molecule has 1 aliphatic heterocycles. The number of aromatic nitrogens is 1. The zero-order valence-electron chi connectivity index (χ0n) is 12.2. The number of carbonyl (C=O) groups excluding carboxylic acids is 1. The van der Waals surface area contributed by atoms with Crippen LogP contribution in [0.25, 0.3) is 0 Å². The van der Waals surface area contributed by atoms with Gasteiger partial charge in [0.15, 0.2) is 5.69 Å². The van der Waals surface area contributed by atoms with E-state index in [1.807, 2.05) is 0 Å². The van der Waals surface area contributed by atoms with Crippen LogP contribution in [0.2, 0.25) is 0 Å². The number of carboxylic acids is 1. The molecule has 0 aromatic carbocycles. The SMILES string of the molecule is COCC1(C(=O)O)CCCN(C(=O)c2ncsc2C(F)(F)F)C1. The molecule has 1 atom stereocenters. The molecule has 1 unspecified atom stereocenters. The first-order valence-corrected chi connectivity index (χ1v) is 7.61. The number of carboxylic acid groups (broad SMARTS) is 1. The maximum absolute atomic E-state index is 12.9. The Morgan fingerprint density at radius 2 is 2.22 bits per heavy atom. The number of ether oxygens (including phenoxy) is 1. The van der Waals surface area contributed by atoms with Crippen molar-refractivity contribution in [3.63, 3.8) is 0 Å². The molecule has 0 radical (unpaired) electrons. The Labute approximate surface area is 133 Å². The van der Waals surface area contributed by atoms with Gasteiger partial charge in [-0.3, -0.25) is 9.59 Å². The summed E-state index contributed by atoms with van der Waals surface area (Å²) in [6.07, 6.45) is -4.01. The number of amides is 1. The minimum atomic E-state index is -4.67. The van der Waals surface area contributed by atoms with E-state index < -0.39 is 34.0 Å². The Hall–Kier alpha value is -1.68. The lowest BCUT2D eigenvalue weighted by molar-refractivity contribution is -0.156. The monoisotopic (exact) mass is 352 g/mol. The molecule has 1 amide bonds. The number of carbonyl (C=O) groups is 2. The molecule has 1 N–H and O–H groups in total. The molecule has 0 aliphatic carbocycles. The molecule has 1 aromatic rings. The van der Waals surface area contributed by atoms with Crippen LogP contribution in [-0.4, -0.2) is 53.7 Å². The molecule has 0 spiro atoms. The molecular weight excluding hydrogens is 337 g/mol. The van der Waals surface area contributed by atoms with Crippen LogP contribution < -0.4 is 0 Å². The molecule has 1 fully saturated rings. The molecule has 1 aliphatic rings. The maximum Gasteiger partial charge on any atom is 0.427 e. The van der Waals surface area contributed by atoms with E-state index in [2.05, 4.69) is 4.98 Å². The molecular formula is C13H15F3N2O4S. The number of likely N-dealkylation sites (tertiary alicyclic amines) is 1. The molecule has 128 valence electrons. The molecule has 6 nitrogen and oxygen atoms in total. The quantitative estimate of drug-likeness (QED) is 0.898. The molecule has 0 bridgehead atoms. The van der Waals surface area contributed by atoms with Crippen molar-refractivity contribution >= 4 is 23.2 Å². The second-order valence-corrected chi connectivity index (χ2v) is 6.23. The predicted molar refractivity (Wildman–Crippen MR) is 74.2 cm³/mol. The minimum Gasteiger partial charge on any atom is -0.481 e. The van der Waals surface area contributed by atoms with Gasteiger partial charge < -0.3 is 14.7 Å². The second-order valence-electron chi connectivity index (χ2n) is 5.38. The van der Waals surface area contributed by atoms with Gasteiger partial charge in [0.05, 0.1) is 12.1 Å².